The number of benzene rings is 4. The van der Waals surface area contributed by atoms with E-state index in [1.807, 2.05) is 0 Å². The van der Waals surface area contributed by atoms with Gasteiger partial charge >= 0.3 is 240 Å². The van der Waals surface area contributed by atoms with Gasteiger partial charge in [0, 0.05) is 16.5 Å². The molecule has 10 fully saturated rings. The Morgan fingerprint density at radius 2 is 0.875 bits per heavy atom. The van der Waals surface area contributed by atoms with Crippen molar-refractivity contribution in [2.75, 3.05) is 0 Å². The maximum atomic E-state index is 4.97. The van der Waals surface area contributed by atoms with Crippen molar-refractivity contribution in [2.45, 2.75) is 43.5 Å². The Balaban J connectivity index is 0.00000193. The van der Waals surface area contributed by atoms with E-state index < -0.39 is 14.4 Å². The van der Waals surface area contributed by atoms with Gasteiger partial charge < -0.3 is 0 Å². The fourth-order valence-corrected chi connectivity index (χ4v) is 154. The molecule has 0 amide bonds. The van der Waals surface area contributed by atoms with Gasteiger partial charge in [-0.15, -0.1) is 0 Å². The molecular weight excluding hydrogens is 745 g/mol. The largest absolute Gasteiger partial charge is 0 e. The van der Waals surface area contributed by atoms with Crippen molar-refractivity contribution >= 4 is 68.9 Å². The minimum absolute atomic E-state index is 0. The van der Waals surface area contributed by atoms with E-state index in [4.69, 9.17) is 31.9 Å². The summed E-state index contributed by atoms with van der Waals surface area (Å²) in [6, 6.07) is 47.5. The predicted octanol–water partition coefficient (Wildman–Crippen LogP) is 8.06. The van der Waals surface area contributed by atoms with E-state index in [1.165, 1.54) is 0 Å². The molecule has 10 saturated heterocycles. The molecule has 40 heavy (non-hydrogen) atoms. The van der Waals surface area contributed by atoms with Crippen LogP contribution in [0.5, 0.6) is 0 Å². The Hall–Kier alpha value is -0.287. The standard InChI is InChI=1S/C17H12Br2P.C17H14P.Fe.Ni/c18-15-11-12-16(17(15)19)20(13-7-3-1-4-8-13)14-9-5-2-6-10-14;1-3-9-15(10-4-1)18(17-13-7-8-14-17)16-11-5-2-6-12-16;;/h1-12H;1-14H;;. The summed E-state index contributed by atoms with van der Waals surface area (Å²) >= 11 is 9.83. The van der Waals surface area contributed by atoms with Gasteiger partial charge in [0.2, 0.25) is 0 Å². The van der Waals surface area contributed by atoms with E-state index in [1.54, 1.807) is 21.2 Å². The monoisotopic (exact) mass is 768 g/mol. The van der Waals surface area contributed by atoms with Crippen molar-refractivity contribution in [3.63, 3.8) is 0 Å². The van der Waals surface area contributed by atoms with Crippen LogP contribution in [0.2, 0.25) is 28.9 Å². The van der Waals surface area contributed by atoms with Gasteiger partial charge in [-0.05, 0) is 0 Å². The van der Waals surface area contributed by atoms with Gasteiger partial charge in [0.25, 0.3) is 0 Å². The third-order valence-corrected chi connectivity index (χ3v) is 91.5. The second-order valence-electron chi connectivity index (χ2n) is 15.7. The predicted molar refractivity (Wildman–Crippen MR) is 169 cm³/mol. The van der Waals surface area contributed by atoms with Crippen LogP contribution in [0.25, 0.3) is 0 Å². The number of fused-ring (bicyclic) bond motifs is 10. The van der Waals surface area contributed by atoms with Crippen LogP contribution in [0.4, 0.5) is 0 Å². The first-order chi connectivity index (χ1) is 18.9. The van der Waals surface area contributed by atoms with Crippen LogP contribution in [0, 0.1) is 0 Å². The molecule has 4 aromatic carbocycles. The van der Waals surface area contributed by atoms with Crippen LogP contribution in [-0.2, 0) is 23.0 Å². The summed E-state index contributed by atoms with van der Waals surface area (Å²) in [6.45, 7) is -4.32. The molecule has 0 aromatic heterocycles. The fourth-order valence-electron chi connectivity index (χ4n) is 21.0. The molecule has 1 spiro atoms. The van der Waals surface area contributed by atoms with Crippen LogP contribution < -0.4 is 21.2 Å². The smallest absolute Gasteiger partial charge is 0 e. The van der Waals surface area contributed by atoms with E-state index in [2.05, 4.69) is 121 Å². The van der Waals surface area contributed by atoms with Gasteiger partial charge in [0.1, 0.15) is 0 Å². The summed E-state index contributed by atoms with van der Waals surface area (Å²) in [5.41, 5.74) is 0. The van der Waals surface area contributed by atoms with Crippen molar-refractivity contribution in [1.29, 1.82) is 0 Å². The zero-order chi connectivity index (χ0) is 25.4. The van der Waals surface area contributed by atoms with Crippen LogP contribution in [0.1, 0.15) is 0 Å². The molecule has 10 heterocycles. The molecule has 10 aliphatic heterocycles. The average molecular weight is 771 g/mol. The molecular formula is C34H26Br2FeNiP2. The van der Waals surface area contributed by atoms with Crippen molar-refractivity contribution in [1.82, 2.24) is 0 Å². The second kappa shape index (κ2) is 3.54. The molecule has 0 aliphatic carbocycles. The summed E-state index contributed by atoms with van der Waals surface area (Å²) < 4.78 is 2.14. The maximum absolute atomic E-state index is 4.97. The number of halogens is 2. The molecule has 9 unspecified atom stereocenters. The molecule has 10 aliphatic rings. The molecule has 0 saturated carbocycles. The van der Waals surface area contributed by atoms with Crippen LogP contribution in [0.3, 0.4) is 0 Å². The summed E-state index contributed by atoms with van der Waals surface area (Å²) in [7, 11) is -0.786. The quantitative estimate of drug-likeness (QED) is 0.106. The van der Waals surface area contributed by atoms with Crippen LogP contribution in [-0.4, -0.2) is 14.6 Å². The van der Waals surface area contributed by atoms with Crippen molar-refractivity contribution in [2.24, 2.45) is 0 Å². The second-order valence-corrected chi connectivity index (χ2v) is 47.7. The number of hydrogen-bond donors (Lipinski definition) is 0. The molecule has 9 atom stereocenters. The molecule has 204 valence electrons. The minimum Gasteiger partial charge on any atom is 0 e. The normalized spacial score (nSPS) is 62.7. The Morgan fingerprint density at radius 1 is 0.500 bits per heavy atom. The van der Waals surface area contributed by atoms with Crippen LogP contribution in [0.15, 0.2) is 121 Å². The van der Waals surface area contributed by atoms with Gasteiger partial charge in [-0.25, -0.2) is 0 Å². The van der Waals surface area contributed by atoms with Gasteiger partial charge in [-0.2, -0.15) is 0 Å². The maximum Gasteiger partial charge on any atom is 0 e. The van der Waals surface area contributed by atoms with E-state index in [9.17, 15) is 0 Å². The number of rotatable bonds is 6. The SMILES string of the molecule is Br[C]12[CH]3[CH]4[C]5(P(c6ccccc6)c6ccccc6)[C]1(Br)[Fe]34251678[CH]2[CH]1[CH]6[C]7(P(c1ccccc1)c1ccccc1)[CH]28.[Ni]. The average Bonchev–Trinajstić information content (AvgIpc) is 3.96. The summed E-state index contributed by atoms with van der Waals surface area (Å²) in [4.78, 5) is 6.59. The summed E-state index contributed by atoms with van der Waals surface area (Å²) in [6.07, 6.45) is 0. The van der Waals surface area contributed by atoms with Gasteiger partial charge in [-0.3, -0.25) is 0 Å². The Morgan fingerprint density at radius 3 is 1.18 bits per heavy atom. The first kappa shape index (κ1) is 22.3. The van der Waals surface area contributed by atoms with E-state index >= 15 is 0 Å². The van der Waals surface area contributed by atoms with Crippen molar-refractivity contribution in [3.8, 4) is 0 Å². The van der Waals surface area contributed by atoms with Crippen LogP contribution >= 0.6 is 47.7 Å². The van der Waals surface area contributed by atoms with E-state index in [0.29, 0.717) is 14.6 Å². The Kier molecular flexibility index (Phi) is 1.97. The van der Waals surface area contributed by atoms with Crippen molar-refractivity contribution < 1.29 is 23.0 Å². The van der Waals surface area contributed by atoms with Gasteiger partial charge in [-0.1, -0.05) is 0 Å². The molecule has 0 radical (unpaired) electrons. The van der Waals surface area contributed by atoms with E-state index in [0.717, 1.165) is 28.9 Å². The molecule has 0 nitrogen and oxygen atoms in total. The third kappa shape index (κ3) is 0.516. The van der Waals surface area contributed by atoms with Gasteiger partial charge in [0.15, 0.2) is 0 Å². The third-order valence-electron chi connectivity index (χ3n) is 19.4. The first-order valence-electron chi connectivity index (χ1n) is 14.3. The summed E-state index contributed by atoms with van der Waals surface area (Å²) in [5, 5.41) is 6.64. The van der Waals surface area contributed by atoms with Gasteiger partial charge in [0.05, 0.1) is 0 Å². The molecule has 6 heteroatoms. The number of hydrogen-bond acceptors (Lipinski definition) is 0. The zero-order valence-electron chi connectivity index (χ0n) is 21.3. The Bertz CT molecular complexity index is 2260. The summed E-state index contributed by atoms with van der Waals surface area (Å²) in [5.74, 6) is 0. The Labute approximate surface area is 254 Å². The molecule has 4 aromatic rings. The minimum atomic E-state index is -4.32. The molecule has 0 N–H and O–H groups in total. The topological polar surface area (TPSA) is 0 Å². The first-order valence-corrected chi connectivity index (χ1v) is 24.6. The number of alkyl halides is 2. The fraction of sp³-hybridized carbons (Fsp3) is 0.294. The zero-order valence-corrected chi connectivity index (χ0v) is 28.4. The molecule has 14 rings (SSSR count). The van der Waals surface area contributed by atoms with E-state index in [-0.39, 0.29) is 24.4 Å². The molecule has 0 bridgehead atoms. The van der Waals surface area contributed by atoms with Crippen molar-refractivity contribution in [3.05, 3.63) is 121 Å².